The van der Waals surface area contributed by atoms with Crippen molar-refractivity contribution in [3.05, 3.63) is 119 Å². The summed E-state index contributed by atoms with van der Waals surface area (Å²) in [7, 11) is 2.25. The second-order valence-electron chi connectivity index (χ2n) is 14.6. The largest absolute Gasteiger partial charge is 0.455 e. The number of fused-ring (bicyclic) bond motifs is 8. The maximum atomic E-state index is 7.03. The van der Waals surface area contributed by atoms with Crippen LogP contribution in [0, 0.1) is 23.7 Å². The van der Waals surface area contributed by atoms with Crippen molar-refractivity contribution >= 4 is 50.2 Å². The van der Waals surface area contributed by atoms with Gasteiger partial charge >= 0.3 is 0 Å². The Morgan fingerprint density at radius 1 is 0.766 bits per heavy atom. The molecule has 236 valence electrons. The first-order chi connectivity index (χ1) is 22.9. The summed E-state index contributed by atoms with van der Waals surface area (Å²) >= 11 is 0. The highest BCUT2D eigenvalue weighted by molar-refractivity contribution is 6.18. The van der Waals surface area contributed by atoms with Gasteiger partial charge < -0.3 is 13.9 Å². The molecule has 0 N–H and O–H groups in total. The van der Waals surface area contributed by atoms with E-state index in [2.05, 4.69) is 135 Å². The maximum absolute atomic E-state index is 7.03. The summed E-state index contributed by atoms with van der Waals surface area (Å²) in [5.41, 5.74) is 13.4. The molecule has 0 bridgehead atoms. The van der Waals surface area contributed by atoms with Gasteiger partial charge in [-0.3, -0.25) is 0 Å². The molecule has 0 saturated carbocycles. The minimum atomic E-state index is -0.214. The van der Waals surface area contributed by atoms with Crippen LogP contribution in [0.3, 0.4) is 0 Å². The number of hydrogen-bond acceptors (Lipinski definition) is 3. The zero-order valence-electron chi connectivity index (χ0n) is 28.1. The summed E-state index contributed by atoms with van der Waals surface area (Å²) < 4.78 is 9.52. The molecule has 0 radical (unpaired) electrons. The SMILES string of the molecule is CC1C=CC(C2=C3C(=NC(n4c5c(c6c7oc8c(C9=CCC(C)C=C9)cccc8c7ccc64)CC(C)C=C5)N2C)C=CCC3C)=CC1. The molecule has 5 atom stereocenters. The molecule has 0 saturated heterocycles. The summed E-state index contributed by atoms with van der Waals surface area (Å²) in [6.07, 6.45) is 27.3. The highest BCUT2D eigenvalue weighted by Crippen LogP contribution is 2.46. The van der Waals surface area contributed by atoms with Gasteiger partial charge in [-0.2, -0.15) is 0 Å². The maximum Gasteiger partial charge on any atom is 0.203 e. The van der Waals surface area contributed by atoms with Crippen molar-refractivity contribution in [3.8, 4) is 0 Å². The minimum absolute atomic E-state index is 0.214. The highest BCUT2D eigenvalue weighted by Gasteiger charge is 2.36. The molecule has 47 heavy (non-hydrogen) atoms. The lowest BCUT2D eigenvalue weighted by Crippen LogP contribution is -2.37. The van der Waals surface area contributed by atoms with Crippen molar-refractivity contribution in [1.82, 2.24) is 9.47 Å². The number of benzene rings is 2. The molecule has 0 amide bonds. The van der Waals surface area contributed by atoms with Gasteiger partial charge in [0.25, 0.3) is 0 Å². The third-order valence-electron chi connectivity index (χ3n) is 11.1. The molecule has 5 aliphatic rings. The smallest absolute Gasteiger partial charge is 0.203 e. The van der Waals surface area contributed by atoms with Crippen molar-refractivity contribution in [2.24, 2.45) is 28.7 Å². The van der Waals surface area contributed by atoms with Crippen LogP contribution in [0.15, 0.2) is 111 Å². The van der Waals surface area contributed by atoms with Crippen LogP contribution in [0.5, 0.6) is 0 Å². The number of aromatic nitrogens is 1. The molecule has 4 aromatic rings. The van der Waals surface area contributed by atoms with E-state index in [0.29, 0.717) is 23.7 Å². The van der Waals surface area contributed by atoms with E-state index in [1.807, 2.05) is 0 Å². The van der Waals surface area contributed by atoms with Crippen molar-refractivity contribution in [2.75, 3.05) is 7.05 Å². The van der Waals surface area contributed by atoms with Crippen molar-refractivity contribution in [1.29, 1.82) is 0 Å². The number of para-hydroxylation sites is 1. The zero-order chi connectivity index (χ0) is 32.0. The lowest BCUT2D eigenvalue weighted by Gasteiger charge is -2.40. The normalized spacial score (nSPS) is 27.0. The van der Waals surface area contributed by atoms with E-state index in [1.54, 1.807) is 0 Å². The Morgan fingerprint density at radius 3 is 2.28 bits per heavy atom. The average Bonchev–Trinajstić information content (AvgIpc) is 3.61. The molecule has 2 aromatic heterocycles. The van der Waals surface area contributed by atoms with E-state index in [9.17, 15) is 0 Å². The van der Waals surface area contributed by atoms with Crippen LogP contribution in [0.25, 0.3) is 44.5 Å². The van der Waals surface area contributed by atoms with Crippen LogP contribution in [0.4, 0.5) is 0 Å². The average molecular weight is 618 g/mol. The van der Waals surface area contributed by atoms with Gasteiger partial charge in [0.15, 0.2) is 0 Å². The first kappa shape index (κ1) is 28.6. The fourth-order valence-electron chi connectivity index (χ4n) is 8.50. The second-order valence-corrected chi connectivity index (χ2v) is 14.6. The van der Waals surface area contributed by atoms with E-state index in [-0.39, 0.29) is 6.29 Å². The van der Waals surface area contributed by atoms with Crippen LogP contribution < -0.4 is 0 Å². The Labute approximate surface area is 277 Å². The second kappa shape index (κ2) is 10.7. The van der Waals surface area contributed by atoms with Crippen molar-refractivity contribution < 1.29 is 4.42 Å². The molecular formula is C43H43N3O. The number of furan rings is 1. The molecular weight excluding hydrogens is 574 g/mol. The molecule has 4 heteroatoms. The number of nitrogens with zero attached hydrogens (tertiary/aromatic N) is 3. The molecule has 2 aromatic carbocycles. The Hall–Kier alpha value is -4.57. The van der Waals surface area contributed by atoms with Crippen LogP contribution in [0.1, 0.15) is 70.1 Å². The third-order valence-corrected chi connectivity index (χ3v) is 11.1. The predicted molar refractivity (Wildman–Crippen MR) is 197 cm³/mol. The zero-order valence-corrected chi connectivity index (χ0v) is 28.1. The van der Waals surface area contributed by atoms with Gasteiger partial charge in [-0.05, 0) is 90.3 Å². The van der Waals surface area contributed by atoms with Gasteiger partial charge in [-0.1, -0.05) is 94.5 Å². The fourth-order valence-corrected chi connectivity index (χ4v) is 8.50. The topological polar surface area (TPSA) is 33.7 Å². The predicted octanol–water partition coefficient (Wildman–Crippen LogP) is 10.9. The quantitative estimate of drug-likeness (QED) is 0.229. The highest BCUT2D eigenvalue weighted by atomic mass is 16.3. The van der Waals surface area contributed by atoms with Crippen LogP contribution in [-0.2, 0) is 6.42 Å². The summed E-state index contributed by atoms with van der Waals surface area (Å²) in [5.74, 6) is 2.02. The van der Waals surface area contributed by atoms with E-state index >= 15 is 0 Å². The van der Waals surface area contributed by atoms with Gasteiger partial charge in [-0.25, -0.2) is 4.99 Å². The molecule has 4 aliphatic carbocycles. The Bertz CT molecular complexity index is 2240. The summed E-state index contributed by atoms with van der Waals surface area (Å²) in [6, 6.07) is 11.2. The number of hydrogen-bond donors (Lipinski definition) is 0. The Kier molecular flexibility index (Phi) is 6.54. The summed E-state index contributed by atoms with van der Waals surface area (Å²) in [5, 5.41) is 3.61. The Morgan fingerprint density at radius 2 is 1.51 bits per heavy atom. The summed E-state index contributed by atoms with van der Waals surface area (Å²) in [4.78, 5) is 7.99. The number of rotatable bonds is 3. The lowest BCUT2D eigenvalue weighted by molar-refractivity contribution is 0.236. The van der Waals surface area contributed by atoms with Crippen molar-refractivity contribution in [3.63, 3.8) is 0 Å². The van der Waals surface area contributed by atoms with Gasteiger partial charge in [0.05, 0.1) is 16.9 Å². The van der Waals surface area contributed by atoms with Gasteiger partial charge in [0, 0.05) is 40.0 Å². The molecule has 0 fully saturated rings. The standard InChI is InChI=1S/C43H43N3O/c1-25-12-17-29(18-13-25)31-9-7-10-32-33-21-23-37-39(42(33)47-41(31)32)34-24-27(3)16-22-36(34)46(37)43-44-35-11-6-8-28(4)38(35)40(45(43)5)30-19-14-26(2)15-20-30/h6-7,9-12,14,16-23,25-28,43H,8,13,15,24H2,1-5H3. The number of aliphatic imine (C=N–C) groups is 1. The van der Waals surface area contributed by atoms with Gasteiger partial charge in [0.2, 0.25) is 6.29 Å². The molecule has 0 spiro atoms. The van der Waals surface area contributed by atoms with E-state index in [1.165, 1.54) is 60.9 Å². The fraction of sp³-hybridized carbons (Fsp3) is 0.326. The molecule has 3 heterocycles. The van der Waals surface area contributed by atoms with Gasteiger partial charge in [0.1, 0.15) is 11.2 Å². The molecule has 5 unspecified atom stereocenters. The molecule has 4 nitrogen and oxygen atoms in total. The monoisotopic (exact) mass is 617 g/mol. The van der Waals surface area contributed by atoms with Gasteiger partial charge in [-0.15, -0.1) is 0 Å². The third kappa shape index (κ3) is 4.37. The van der Waals surface area contributed by atoms with E-state index < -0.39 is 0 Å². The first-order valence-corrected chi connectivity index (χ1v) is 17.6. The Balaban J connectivity index is 1.28. The van der Waals surface area contributed by atoms with Crippen LogP contribution >= 0.6 is 0 Å². The van der Waals surface area contributed by atoms with Crippen LogP contribution in [-0.4, -0.2) is 22.2 Å². The minimum Gasteiger partial charge on any atom is -0.455 e. The number of likely N-dealkylation sites (N-methyl/N-ethyl adjacent to an activating group) is 1. The first-order valence-electron chi connectivity index (χ1n) is 17.6. The lowest BCUT2D eigenvalue weighted by atomic mass is 9.83. The van der Waals surface area contributed by atoms with Crippen molar-refractivity contribution in [2.45, 2.75) is 59.7 Å². The number of allylic oxidation sites excluding steroid dienone is 11. The van der Waals surface area contributed by atoms with Crippen LogP contribution in [0.2, 0.25) is 0 Å². The summed E-state index contributed by atoms with van der Waals surface area (Å²) in [6.45, 7) is 9.24. The molecule has 9 rings (SSSR count). The van der Waals surface area contributed by atoms with E-state index in [0.717, 1.165) is 42.6 Å². The molecule has 1 aliphatic heterocycles. The van der Waals surface area contributed by atoms with E-state index in [4.69, 9.17) is 9.41 Å².